The van der Waals surface area contributed by atoms with E-state index < -0.39 is 0 Å². The van der Waals surface area contributed by atoms with Crippen molar-refractivity contribution in [1.29, 1.82) is 0 Å². The highest BCUT2D eigenvalue weighted by Crippen LogP contribution is 2.42. The third kappa shape index (κ3) is 5.48. The molecule has 0 saturated carbocycles. The molecule has 3 rings (SSSR count). The molecule has 0 saturated heterocycles. The molecule has 0 heterocycles. The van der Waals surface area contributed by atoms with Crippen LogP contribution in [0.15, 0.2) is 30.3 Å². The average Bonchev–Trinajstić information content (AvgIpc) is 2.85. The summed E-state index contributed by atoms with van der Waals surface area (Å²) in [4.78, 5) is 0. The molecular weight excluding hydrogens is 448 g/mol. The summed E-state index contributed by atoms with van der Waals surface area (Å²) in [5, 5.41) is 32.0. The minimum Gasteiger partial charge on any atom is -0.507 e. The molecule has 0 aliphatic carbocycles. The Balaban J connectivity index is 2.29. The SMILES string of the molecule is CCCc1c(C)c(C(Cc2ccc(O)c(OCC)c2)c2cc(C)c(O)c(CCC)c2C)cc(C)c1O. The van der Waals surface area contributed by atoms with E-state index in [-0.39, 0.29) is 11.7 Å². The van der Waals surface area contributed by atoms with Crippen LogP contribution in [0, 0.1) is 27.7 Å². The highest BCUT2D eigenvalue weighted by Gasteiger charge is 2.25. The van der Waals surface area contributed by atoms with Crippen molar-refractivity contribution in [3.05, 3.63) is 80.4 Å². The third-order valence-electron chi connectivity index (χ3n) is 7.35. The van der Waals surface area contributed by atoms with E-state index >= 15 is 0 Å². The van der Waals surface area contributed by atoms with Crippen LogP contribution in [-0.4, -0.2) is 21.9 Å². The molecule has 36 heavy (non-hydrogen) atoms. The molecule has 0 amide bonds. The van der Waals surface area contributed by atoms with Gasteiger partial charge < -0.3 is 20.1 Å². The average molecular weight is 491 g/mol. The highest BCUT2D eigenvalue weighted by molar-refractivity contribution is 5.57. The second-order valence-corrected chi connectivity index (χ2v) is 9.96. The standard InChI is InChI=1S/C32H42O4/c1-8-11-24-21(6)26(15-19(4)31(24)34)28(17-23-13-14-29(33)30(18-23)36-10-3)27-16-20(5)32(35)25(12-9-2)22(27)7/h13-16,18,28,33-35H,8-12,17H2,1-7H3. The van der Waals surface area contributed by atoms with Gasteiger partial charge in [-0.05, 0) is 116 Å². The van der Waals surface area contributed by atoms with Crippen LogP contribution in [-0.2, 0) is 19.3 Å². The molecule has 0 atom stereocenters. The van der Waals surface area contributed by atoms with Gasteiger partial charge in [-0.2, -0.15) is 0 Å². The number of ether oxygens (including phenoxy) is 1. The van der Waals surface area contributed by atoms with Gasteiger partial charge in [0.25, 0.3) is 0 Å². The quantitative estimate of drug-likeness (QED) is 0.272. The van der Waals surface area contributed by atoms with Gasteiger partial charge in [0.1, 0.15) is 11.5 Å². The first-order chi connectivity index (χ1) is 17.1. The fraction of sp³-hybridized carbons (Fsp3) is 0.438. The second-order valence-electron chi connectivity index (χ2n) is 9.96. The lowest BCUT2D eigenvalue weighted by molar-refractivity contribution is 0.317. The maximum atomic E-state index is 10.9. The van der Waals surface area contributed by atoms with E-state index in [2.05, 4.69) is 39.8 Å². The molecule has 0 aliphatic rings. The zero-order valence-electron chi connectivity index (χ0n) is 23.0. The van der Waals surface area contributed by atoms with Crippen molar-refractivity contribution < 1.29 is 20.1 Å². The maximum Gasteiger partial charge on any atom is 0.161 e. The van der Waals surface area contributed by atoms with Crippen molar-refractivity contribution in [1.82, 2.24) is 0 Å². The minimum atomic E-state index is 0.00818. The fourth-order valence-corrected chi connectivity index (χ4v) is 5.41. The van der Waals surface area contributed by atoms with E-state index in [1.54, 1.807) is 6.07 Å². The van der Waals surface area contributed by atoms with Crippen LogP contribution in [0.25, 0.3) is 0 Å². The Morgan fingerprint density at radius 2 is 1.22 bits per heavy atom. The lowest BCUT2D eigenvalue weighted by atomic mass is 9.78. The van der Waals surface area contributed by atoms with Gasteiger partial charge in [-0.1, -0.05) is 44.9 Å². The summed E-state index contributed by atoms with van der Waals surface area (Å²) < 4.78 is 5.67. The lowest BCUT2D eigenvalue weighted by Gasteiger charge is -2.27. The van der Waals surface area contributed by atoms with Crippen molar-refractivity contribution in [2.75, 3.05) is 6.61 Å². The number of phenols is 3. The van der Waals surface area contributed by atoms with E-state index in [4.69, 9.17) is 4.74 Å². The molecular formula is C32H42O4. The van der Waals surface area contributed by atoms with Gasteiger partial charge in [0.2, 0.25) is 0 Å². The molecule has 194 valence electrons. The number of phenolic OH excluding ortho intramolecular Hbond substituents is 3. The normalized spacial score (nSPS) is 11.3. The molecule has 0 unspecified atom stereocenters. The summed E-state index contributed by atoms with van der Waals surface area (Å²) in [7, 11) is 0. The Hall–Kier alpha value is -3.14. The highest BCUT2D eigenvalue weighted by atomic mass is 16.5. The molecule has 0 bridgehead atoms. The summed E-state index contributed by atoms with van der Waals surface area (Å²) in [6, 6.07) is 9.83. The Labute approximate surface area is 216 Å². The lowest BCUT2D eigenvalue weighted by Crippen LogP contribution is -2.13. The van der Waals surface area contributed by atoms with E-state index in [0.717, 1.165) is 64.6 Å². The largest absolute Gasteiger partial charge is 0.507 e. The summed E-state index contributed by atoms with van der Waals surface area (Å²) in [5.74, 6) is 1.43. The van der Waals surface area contributed by atoms with Crippen LogP contribution in [0.4, 0.5) is 0 Å². The van der Waals surface area contributed by atoms with Gasteiger partial charge in [0.15, 0.2) is 11.5 Å². The van der Waals surface area contributed by atoms with Gasteiger partial charge in [-0.25, -0.2) is 0 Å². The molecule has 3 aromatic rings. The Morgan fingerprint density at radius 1 is 0.722 bits per heavy atom. The molecule has 0 fully saturated rings. The van der Waals surface area contributed by atoms with Crippen LogP contribution >= 0.6 is 0 Å². The fourth-order valence-electron chi connectivity index (χ4n) is 5.41. The third-order valence-corrected chi connectivity index (χ3v) is 7.35. The summed E-state index contributed by atoms with van der Waals surface area (Å²) in [5.41, 5.74) is 9.47. The molecule has 3 aromatic carbocycles. The van der Waals surface area contributed by atoms with Crippen LogP contribution in [0.3, 0.4) is 0 Å². The number of aryl methyl sites for hydroxylation is 2. The zero-order chi connectivity index (χ0) is 26.6. The molecule has 0 aromatic heterocycles. The van der Waals surface area contributed by atoms with Gasteiger partial charge in [-0.3, -0.25) is 0 Å². The van der Waals surface area contributed by atoms with E-state index in [1.165, 1.54) is 11.1 Å². The maximum absolute atomic E-state index is 10.9. The molecule has 0 radical (unpaired) electrons. The van der Waals surface area contributed by atoms with Gasteiger partial charge in [0.05, 0.1) is 6.61 Å². The molecule has 4 heteroatoms. The van der Waals surface area contributed by atoms with Crippen LogP contribution < -0.4 is 4.74 Å². The number of rotatable bonds is 10. The molecule has 3 N–H and O–H groups in total. The molecule has 0 spiro atoms. The number of hydrogen-bond acceptors (Lipinski definition) is 4. The smallest absolute Gasteiger partial charge is 0.161 e. The summed E-state index contributed by atoms with van der Waals surface area (Å²) in [6.45, 7) is 14.8. The first-order valence-corrected chi connectivity index (χ1v) is 13.2. The first kappa shape index (κ1) is 27.4. The van der Waals surface area contributed by atoms with Gasteiger partial charge >= 0.3 is 0 Å². The van der Waals surface area contributed by atoms with Crippen molar-refractivity contribution in [3.8, 4) is 23.0 Å². The van der Waals surface area contributed by atoms with Crippen molar-refractivity contribution >= 4 is 0 Å². The molecule has 0 aliphatic heterocycles. The molecule has 4 nitrogen and oxygen atoms in total. The zero-order valence-corrected chi connectivity index (χ0v) is 23.0. The van der Waals surface area contributed by atoms with Crippen molar-refractivity contribution in [2.24, 2.45) is 0 Å². The summed E-state index contributed by atoms with van der Waals surface area (Å²) in [6.07, 6.45) is 4.25. The van der Waals surface area contributed by atoms with E-state index in [1.807, 2.05) is 32.9 Å². The monoisotopic (exact) mass is 490 g/mol. The van der Waals surface area contributed by atoms with Crippen molar-refractivity contribution in [3.63, 3.8) is 0 Å². The predicted molar refractivity (Wildman–Crippen MR) is 148 cm³/mol. The van der Waals surface area contributed by atoms with Crippen LogP contribution in [0.1, 0.15) is 89.6 Å². The second kappa shape index (κ2) is 11.7. The Bertz CT molecular complexity index is 1160. The van der Waals surface area contributed by atoms with Crippen LogP contribution in [0.5, 0.6) is 23.0 Å². The first-order valence-electron chi connectivity index (χ1n) is 13.2. The van der Waals surface area contributed by atoms with E-state index in [9.17, 15) is 15.3 Å². The number of hydrogen-bond donors (Lipinski definition) is 3. The number of benzene rings is 3. The van der Waals surface area contributed by atoms with Gasteiger partial charge in [0, 0.05) is 5.92 Å². The predicted octanol–water partition coefficient (Wildman–Crippen LogP) is 7.72. The van der Waals surface area contributed by atoms with Crippen molar-refractivity contribution in [2.45, 2.75) is 86.5 Å². The van der Waals surface area contributed by atoms with Gasteiger partial charge in [-0.15, -0.1) is 0 Å². The minimum absolute atomic E-state index is 0.00818. The summed E-state index contributed by atoms with van der Waals surface area (Å²) >= 11 is 0. The van der Waals surface area contributed by atoms with Crippen LogP contribution in [0.2, 0.25) is 0 Å². The Morgan fingerprint density at radius 3 is 1.67 bits per heavy atom. The Kier molecular flexibility index (Phi) is 8.94. The topological polar surface area (TPSA) is 69.9 Å². The number of aromatic hydroxyl groups is 3. The van der Waals surface area contributed by atoms with E-state index in [0.29, 0.717) is 30.3 Å².